The third-order valence-corrected chi connectivity index (χ3v) is 3.19. The van der Waals surface area contributed by atoms with Crippen LogP contribution in [-0.4, -0.2) is 10.2 Å². The number of halogens is 3. The molecule has 1 saturated carbocycles. The highest BCUT2D eigenvalue weighted by atomic mass is 19.4. The minimum Gasteiger partial charge on any atom is -0.321 e. The van der Waals surface area contributed by atoms with Crippen LogP contribution < -0.4 is 5.73 Å². The van der Waals surface area contributed by atoms with Crippen LogP contribution in [0.2, 0.25) is 0 Å². The fourth-order valence-electron chi connectivity index (χ4n) is 2.06. The van der Waals surface area contributed by atoms with E-state index < -0.39 is 17.4 Å². The Labute approximate surface area is 94.8 Å². The van der Waals surface area contributed by atoms with Gasteiger partial charge in [0.15, 0.2) is 0 Å². The summed E-state index contributed by atoms with van der Waals surface area (Å²) in [7, 11) is 0. The van der Waals surface area contributed by atoms with Crippen molar-refractivity contribution in [3.63, 3.8) is 0 Å². The summed E-state index contributed by atoms with van der Waals surface area (Å²) < 4.78 is 38.1. The van der Waals surface area contributed by atoms with E-state index in [0.717, 1.165) is 12.8 Å². The van der Waals surface area contributed by atoms with Crippen molar-refractivity contribution in [3.05, 3.63) is 29.5 Å². The number of hydrogen-bond acceptors (Lipinski definition) is 2. The molecule has 0 bridgehead atoms. The average Bonchev–Trinajstić information content (AvgIpc) is 2.84. The zero-order chi connectivity index (χ0) is 12.3. The van der Waals surface area contributed by atoms with E-state index in [1.54, 1.807) is 12.1 Å². The van der Waals surface area contributed by atoms with Crippen LogP contribution in [0.1, 0.15) is 24.1 Å². The monoisotopic (exact) mass is 241 g/mol. The average molecular weight is 241 g/mol. The second-order valence-corrected chi connectivity index (χ2v) is 4.45. The van der Waals surface area contributed by atoms with Crippen molar-refractivity contribution in [1.82, 2.24) is 10.2 Å². The van der Waals surface area contributed by atoms with Crippen molar-refractivity contribution in [1.29, 1.82) is 0 Å². The topological polar surface area (TPSA) is 54.7 Å². The van der Waals surface area contributed by atoms with Gasteiger partial charge in [0.25, 0.3) is 0 Å². The first-order valence-electron chi connectivity index (χ1n) is 5.25. The molecule has 0 radical (unpaired) electrons. The highest BCUT2D eigenvalue weighted by Gasteiger charge is 2.43. The summed E-state index contributed by atoms with van der Waals surface area (Å²) in [6.07, 6.45) is -2.83. The lowest BCUT2D eigenvalue weighted by Gasteiger charge is -2.09. The Kier molecular flexibility index (Phi) is 1.87. The van der Waals surface area contributed by atoms with E-state index in [4.69, 9.17) is 5.73 Å². The Morgan fingerprint density at radius 3 is 2.59 bits per heavy atom. The van der Waals surface area contributed by atoms with Gasteiger partial charge in [-0.2, -0.15) is 18.3 Å². The number of H-pyrrole nitrogens is 1. The van der Waals surface area contributed by atoms with Gasteiger partial charge in [0.05, 0.1) is 5.52 Å². The molecule has 2 aromatic rings. The number of aromatic amines is 1. The summed E-state index contributed by atoms with van der Waals surface area (Å²) in [5.74, 6) is 0. The predicted octanol–water partition coefficient (Wildman–Crippen LogP) is 2.53. The number of nitrogens with two attached hydrogens (primary N) is 1. The van der Waals surface area contributed by atoms with Gasteiger partial charge < -0.3 is 5.73 Å². The fourth-order valence-corrected chi connectivity index (χ4v) is 2.06. The van der Waals surface area contributed by atoms with E-state index in [9.17, 15) is 13.2 Å². The van der Waals surface area contributed by atoms with E-state index >= 15 is 0 Å². The molecule has 1 aliphatic carbocycles. The molecule has 17 heavy (non-hydrogen) atoms. The van der Waals surface area contributed by atoms with Crippen molar-refractivity contribution >= 4 is 10.9 Å². The third kappa shape index (κ3) is 1.51. The van der Waals surface area contributed by atoms with Crippen molar-refractivity contribution in [2.75, 3.05) is 0 Å². The van der Waals surface area contributed by atoms with Gasteiger partial charge in [-0.25, -0.2) is 0 Å². The van der Waals surface area contributed by atoms with Crippen molar-refractivity contribution in [2.45, 2.75) is 24.6 Å². The maximum atomic E-state index is 12.7. The summed E-state index contributed by atoms with van der Waals surface area (Å²) in [5, 5.41) is 5.92. The van der Waals surface area contributed by atoms with Gasteiger partial charge in [-0.1, -0.05) is 18.2 Å². The van der Waals surface area contributed by atoms with E-state index in [2.05, 4.69) is 10.2 Å². The van der Waals surface area contributed by atoms with Crippen LogP contribution in [0.15, 0.2) is 18.2 Å². The number of para-hydroxylation sites is 1. The third-order valence-electron chi connectivity index (χ3n) is 3.19. The predicted molar refractivity (Wildman–Crippen MR) is 56.2 cm³/mol. The van der Waals surface area contributed by atoms with Gasteiger partial charge in [0.1, 0.15) is 5.69 Å². The molecule has 0 atom stereocenters. The molecular formula is C11H10F3N3. The molecule has 3 nitrogen and oxygen atoms in total. The number of fused-ring (bicyclic) bond motifs is 1. The fraction of sp³-hybridized carbons (Fsp3) is 0.364. The minimum atomic E-state index is -4.42. The number of rotatable bonds is 1. The number of nitrogens with one attached hydrogen (secondary N) is 1. The SMILES string of the molecule is NC1(c2cccc3c(C(F)(F)F)[nH]nc23)CC1. The summed E-state index contributed by atoms with van der Waals surface area (Å²) >= 11 is 0. The van der Waals surface area contributed by atoms with Crippen LogP contribution in [-0.2, 0) is 11.7 Å². The molecule has 1 fully saturated rings. The lowest BCUT2D eigenvalue weighted by Crippen LogP contribution is -2.19. The quantitative estimate of drug-likeness (QED) is 0.806. The summed E-state index contributed by atoms with van der Waals surface area (Å²) in [5.41, 5.74) is 5.75. The zero-order valence-corrected chi connectivity index (χ0v) is 8.80. The first-order valence-corrected chi connectivity index (χ1v) is 5.25. The molecule has 3 N–H and O–H groups in total. The smallest absolute Gasteiger partial charge is 0.321 e. The standard InChI is InChI=1S/C11H10F3N3/c12-11(13,14)9-6-2-1-3-7(8(6)16-17-9)10(15)4-5-10/h1-3H,4-5,15H2,(H,16,17). The minimum absolute atomic E-state index is 0.0896. The molecule has 1 aliphatic rings. The lowest BCUT2D eigenvalue weighted by molar-refractivity contribution is -0.139. The van der Waals surface area contributed by atoms with E-state index in [0.29, 0.717) is 11.1 Å². The van der Waals surface area contributed by atoms with Crippen LogP contribution in [0, 0.1) is 0 Å². The summed E-state index contributed by atoms with van der Waals surface area (Å²) in [4.78, 5) is 0. The summed E-state index contributed by atoms with van der Waals surface area (Å²) in [6, 6.07) is 4.75. The van der Waals surface area contributed by atoms with Crippen molar-refractivity contribution in [3.8, 4) is 0 Å². The Hall–Kier alpha value is -1.56. The van der Waals surface area contributed by atoms with Gasteiger partial charge in [0, 0.05) is 16.5 Å². The summed E-state index contributed by atoms with van der Waals surface area (Å²) in [6.45, 7) is 0. The number of benzene rings is 1. The van der Waals surface area contributed by atoms with E-state index in [1.807, 2.05) is 0 Å². The van der Waals surface area contributed by atoms with Gasteiger partial charge in [-0.05, 0) is 12.8 Å². The zero-order valence-electron chi connectivity index (χ0n) is 8.80. The van der Waals surface area contributed by atoms with Crippen molar-refractivity contribution in [2.24, 2.45) is 5.73 Å². The van der Waals surface area contributed by atoms with Gasteiger partial charge in [-0.15, -0.1) is 0 Å². The van der Waals surface area contributed by atoms with E-state index in [-0.39, 0.29) is 5.39 Å². The van der Waals surface area contributed by atoms with Crippen LogP contribution in [0.25, 0.3) is 10.9 Å². The number of aromatic nitrogens is 2. The molecule has 0 aliphatic heterocycles. The Morgan fingerprint density at radius 1 is 1.29 bits per heavy atom. The van der Waals surface area contributed by atoms with Crippen LogP contribution in [0.5, 0.6) is 0 Å². The maximum absolute atomic E-state index is 12.7. The Bertz CT molecular complexity index is 581. The van der Waals surface area contributed by atoms with Gasteiger partial charge in [-0.3, -0.25) is 5.10 Å². The molecule has 1 heterocycles. The molecule has 0 amide bonds. The second kappa shape index (κ2) is 3.01. The van der Waals surface area contributed by atoms with Gasteiger partial charge in [0.2, 0.25) is 0 Å². The normalized spacial score (nSPS) is 18.6. The van der Waals surface area contributed by atoms with Crippen molar-refractivity contribution < 1.29 is 13.2 Å². The number of hydrogen-bond donors (Lipinski definition) is 2. The van der Waals surface area contributed by atoms with Crippen LogP contribution in [0.3, 0.4) is 0 Å². The second-order valence-electron chi connectivity index (χ2n) is 4.45. The molecule has 1 aromatic heterocycles. The molecular weight excluding hydrogens is 231 g/mol. The number of alkyl halides is 3. The molecule has 0 unspecified atom stereocenters. The molecule has 3 rings (SSSR count). The Balaban J connectivity index is 2.26. The molecule has 1 aromatic carbocycles. The first-order chi connectivity index (χ1) is 7.92. The Morgan fingerprint density at radius 2 is 2.00 bits per heavy atom. The highest BCUT2D eigenvalue weighted by Crippen LogP contribution is 2.46. The van der Waals surface area contributed by atoms with Gasteiger partial charge >= 0.3 is 6.18 Å². The molecule has 0 saturated heterocycles. The number of nitrogens with zero attached hydrogens (tertiary/aromatic N) is 1. The van der Waals surface area contributed by atoms with E-state index in [1.165, 1.54) is 6.07 Å². The first kappa shape index (κ1) is 10.6. The lowest BCUT2D eigenvalue weighted by atomic mass is 10.0. The van der Waals surface area contributed by atoms with Crippen LogP contribution in [0.4, 0.5) is 13.2 Å². The largest absolute Gasteiger partial charge is 0.433 e. The maximum Gasteiger partial charge on any atom is 0.433 e. The molecule has 6 heteroatoms. The molecule has 90 valence electrons. The van der Waals surface area contributed by atoms with Crippen LogP contribution >= 0.6 is 0 Å². The molecule has 0 spiro atoms. The highest BCUT2D eigenvalue weighted by molar-refractivity contribution is 5.86.